The van der Waals surface area contributed by atoms with Crippen LogP contribution in [-0.2, 0) is 0 Å². The fraction of sp³-hybridized carbons (Fsp3) is 0.455. The van der Waals surface area contributed by atoms with Gasteiger partial charge in [0.25, 0.3) is 5.91 Å². The Morgan fingerprint density at radius 2 is 1.81 bits per heavy atom. The van der Waals surface area contributed by atoms with E-state index in [-0.39, 0.29) is 11.9 Å². The van der Waals surface area contributed by atoms with Gasteiger partial charge in [0, 0.05) is 31.4 Å². The van der Waals surface area contributed by atoms with Gasteiger partial charge in [-0.15, -0.1) is 0 Å². The van der Waals surface area contributed by atoms with Gasteiger partial charge in [0.05, 0.1) is 6.04 Å². The van der Waals surface area contributed by atoms with E-state index in [1.165, 1.54) is 30.4 Å². The Morgan fingerprint density at radius 3 is 2.54 bits per heavy atom. The van der Waals surface area contributed by atoms with Crippen molar-refractivity contribution < 1.29 is 4.79 Å². The number of rotatable bonds is 3. The number of amides is 1. The molecular formula is C22H27N3O. The third-order valence-electron chi connectivity index (χ3n) is 5.65. The minimum Gasteiger partial charge on any atom is -0.356 e. The molecule has 1 amide bonds. The highest BCUT2D eigenvalue weighted by molar-refractivity contribution is 5.94. The van der Waals surface area contributed by atoms with E-state index in [1.54, 1.807) is 0 Å². The molecule has 1 atom stereocenters. The molecule has 4 nitrogen and oxygen atoms in total. The minimum absolute atomic E-state index is 0.130. The van der Waals surface area contributed by atoms with E-state index in [2.05, 4.69) is 17.9 Å². The molecule has 0 aliphatic carbocycles. The zero-order valence-electron chi connectivity index (χ0n) is 15.5. The molecule has 2 aromatic rings. The van der Waals surface area contributed by atoms with Gasteiger partial charge in [-0.05, 0) is 68.4 Å². The number of hydrogen-bond acceptors (Lipinski definition) is 3. The Hall–Kier alpha value is -2.36. The van der Waals surface area contributed by atoms with Crippen LogP contribution in [0.4, 0.5) is 5.82 Å². The van der Waals surface area contributed by atoms with Gasteiger partial charge >= 0.3 is 0 Å². The van der Waals surface area contributed by atoms with Crippen molar-refractivity contribution in [2.45, 2.75) is 45.1 Å². The topological polar surface area (TPSA) is 36.4 Å². The van der Waals surface area contributed by atoms with Crippen LogP contribution in [0.15, 0.2) is 42.6 Å². The van der Waals surface area contributed by atoms with Crippen molar-refractivity contribution in [3.05, 3.63) is 59.3 Å². The van der Waals surface area contributed by atoms with Gasteiger partial charge in [-0.25, -0.2) is 4.98 Å². The zero-order chi connectivity index (χ0) is 17.9. The van der Waals surface area contributed by atoms with Gasteiger partial charge in [-0.2, -0.15) is 0 Å². The minimum atomic E-state index is 0.130. The summed E-state index contributed by atoms with van der Waals surface area (Å²) in [5.41, 5.74) is 3.17. The summed E-state index contributed by atoms with van der Waals surface area (Å²) in [5, 5.41) is 0. The average Bonchev–Trinajstić information content (AvgIpc) is 3.18. The molecule has 2 fully saturated rings. The van der Waals surface area contributed by atoms with Crippen molar-refractivity contribution in [1.29, 1.82) is 0 Å². The van der Waals surface area contributed by atoms with E-state index in [0.717, 1.165) is 43.9 Å². The smallest absolute Gasteiger partial charge is 0.254 e. The van der Waals surface area contributed by atoms with E-state index in [1.807, 2.05) is 41.4 Å². The van der Waals surface area contributed by atoms with Crippen LogP contribution in [0.2, 0.25) is 0 Å². The fourth-order valence-corrected chi connectivity index (χ4v) is 4.31. The second-order valence-electron chi connectivity index (χ2n) is 7.48. The number of anilines is 1. The van der Waals surface area contributed by atoms with E-state index in [4.69, 9.17) is 4.98 Å². The van der Waals surface area contributed by atoms with Crippen LogP contribution in [0, 0.1) is 6.92 Å². The molecule has 0 spiro atoms. The Labute approximate surface area is 155 Å². The van der Waals surface area contributed by atoms with Crippen LogP contribution in [0.5, 0.6) is 0 Å². The summed E-state index contributed by atoms with van der Waals surface area (Å²) in [7, 11) is 0. The zero-order valence-corrected chi connectivity index (χ0v) is 15.5. The number of piperidine rings is 1. The summed E-state index contributed by atoms with van der Waals surface area (Å²) in [5.74, 6) is 1.25. The Balaban J connectivity index is 1.56. The summed E-state index contributed by atoms with van der Waals surface area (Å²) >= 11 is 0. The molecule has 1 aromatic carbocycles. The standard InChI is InChI=1S/C22H27N3O/c1-17-15-19(16-23-21(17)24-12-6-3-7-13-24)20-11-8-14-25(20)22(26)18-9-4-2-5-10-18/h2,4-5,9-10,15-16,20H,3,6-8,11-14H2,1H3/t20-/m1/s1. The number of pyridine rings is 1. The highest BCUT2D eigenvalue weighted by Crippen LogP contribution is 2.34. The van der Waals surface area contributed by atoms with Crippen LogP contribution >= 0.6 is 0 Å². The number of nitrogens with zero attached hydrogens (tertiary/aromatic N) is 3. The molecule has 0 unspecified atom stereocenters. The normalized spacial score (nSPS) is 20.4. The summed E-state index contributed by atoms with van der Waals surface area (Å²) in [6.45, 7) is 5.19. The van der Waals surface area contributed by atoms with Gasteiger partial charge in [0.1, 0.15) is 5.82 Å². The first kappa shape index (κ1) is 17.1. The number of aromatic nitrogens is 1. The highest BCUT2D eigenvalue weighted by Gasteiger charge is 2.31. The maximum atomic E-state index is 12.9. The number of carbonyl (C=O) groups is 1. The molecule has 136 valence electrons. The van der Waals surface area contributed by atoms with E-state index in [9.17, 15) is 4.79 Å². The molecule has 0 radical (unpaired) electrons. The molecule has 2 aliphatic heterocycles. The van der Waals surface area contributed by atoms with Crippen LogP contribution in [-0.4, -0.2) is 35.4 Å². The number of aryl methyl sites for hydroxylation is 1. The lowest BCUT2D eigenvalue weighted by Crippen LogP contribution is -2.32. The largest absolute Gasteiger partial charge is 0.356 e. The van der Waals surface area contributed by atoms with Crippen molar-refractivity contribution in [1.82, 2.24) is 9.88 Å². The lowest BCUT2D eigenvalue weighted by molar-refractivity contribution is 0.0735. The lowest BCUT2D eigenvalue weighted by atomic mass is 10.0. The van der Waals surface area contributed by atoms with Gasteiger partial charge in [0.15, 0.2) is 0 Å². The van der Waals surface area contributed by atoms with Crippen molar-refractivity contribution in [2.75, 3.05) is 24.5 Å². The molecule has 2 saturated heterocycles. The van der Waals surface area contributed by atoms with Crippen LogP contribution < -0.4 is 4.90 Å². The van der Waals surface area contributed by atoms with Crippen molar-refractivity contribution in [3.63, 3.8) is 0 Å². The summed E-state index contributed by atoms with van der Waals surface area (Å²) in [6, 6.07) is 12.0. The number of likely N-dealkylation sites (tertiary alicyclic amines) is 1. The molecule has 0 saturated carbocycles. The predicted molar refractivity (Wildman–Crippen MR) is 104 cm³/mol. The van der Waals surface area contributed by atoms with Crippen molar-refractivity contribution in [2.24, 2.45) is 0 Å². The first-order valence-corrected chi connectivity index (χ1v) is 9.81. The number of benzene rings is 1. The van der Waals surface area contributed by atoms with E-state index < -0.39 is 0 Å². The second kappa shape index (κ2) is 7.48. The van der Waals surface area contributed by atoms with Gasteiger partial charge in [-0.1, -0.05) is 18.2 Å². The van der Waals surface area contributed by atoms with Crippen molar-refractivity contribution in [3.8, 4) is 0 Å². The van der Waals surface area contributed by atoms with Gasteiger partial charge < -0.3 is 9.80 Å². The summed E-state index contributed by atoms with van der Waals surface area (Å²) in [6.07, 6.45) is 7.90. The molecule has 4 rings (SSSR count). The van der Waals surface area contributed by atoms with Crippen LogP contribution in [0.1, 0.15) is 59.6 Å². The maximum Gasteiger partial charge on any atom is 0.254 e. The first-order valence-electron chi connectivity index (χ1n) is 9.81. The number of hydrogen-bond donors (Lipinski definition) is 0. The third-order valence-corrected chi connectivity index (χ3v) is 5.65. The van der Waals surface area contributed by atoms with Crippen LogP contribution in [0.3, 0.4) is 0 Å². The second-order valence-corrected chi connectivity index (χ2v) is 7.48. The quantitative estimate of drug-likeness (QED) is 0.826. The summed E-state index contributed by atoms with van der Waals surface area (Å²) < 4.78 is 0. The molecule has 1 aromatic heterocycles. The molecule has 4 heteroatoms. The third kappa shape index (κ3) is 3.33. The molecular weight excluding hydrogens is 322 g/mol. The molecule has 0 N–H and O–H groups in total. The van der Waals surface area contributed by atoms with Gasteiger partial charge in [0.2, 0.25) is 0 Å². The Morgan fingerprint density at radius 1 is 1.04 bits per heavy atom. The Kier molecular flexibility index (Phi) is 4.91. The molecule has 26 heavy (non-hydrogen) atoms. The fourth-order valence-electron chi connectivity index (χ4n) is 4.31. The number of carbonyl (C=O) groups excluding carboxylic acids is 1. The van der Waals surface area contributed by atoms with E-state index in [0.29, 0.717) is 0 Å². The summed E-state index contributed by atoms with van der Waals surface area (Å²) in [4.78, 5) is 22.2. The highest BCUT2D eigenvalue weighted by atomic mass is 16.2. The molecule has 2 aliphatic rings. The average molecular weight is 349 g/mol. The maximum absolute atomic E-state index is 12.9. The van der Waals surface area contributed by atoms with Crippen LogP contribution in [0.25, 0.3) is 0 Å². The predicted octanol–water partition coefficient (Wildman–Crippen LogP) is 4.36. The van der Waals surface area contributed by atoms with E-state index >= 15 is 0 Å². The van der Waals surface area contributed by atoms with Gasteiger partial charge in [-0.3, -0.25) is 4.79 Å². The van der Waals surface area contributed by atoms with Crippen molar-refractivity contribution >= 4 is 11.7 Å². The first-order chi connectivity index (χ1) is 12.7. The lowest BCUT2D eigenvalue weighted by Gasteiger charge is -2.30. The SMILES string of the molecule is Cc1cc([C@H]2CCCN2C(=O)c2ccccc2)cnc1N1CCCCC1. The monoisotopic (exact) mass is 349 g/mol. The molecule has 0 bridgehead atoms. The molecule has 3 heterocycles. The Bertz CT molecular complexity index is 768.